The monoisotopic (exact) mass is 300 g/mol. The van der Waals surface area contributed by atoms with Crippen LogP contribution < -0.4 is 4.74 Å². The van der Waals surface area contributed by atoms with Gasteiger partial charge in [-0.25, -0.2) is 0 Å². The number of methoxy groups -OCH3 is 1. The number of amidine groups is 1. The lowest BCUT2D eigenvalue weighted by atomic mass is 10.0. The minimum absolute atomic E-state index is 0.824. The highest BCUT2D eigenvalue weighted by molar-refractivity contribution is 8.17. The number of thioether (sulfide) groups is 1. The highest BCUT2D eigenvalue weighted by atomic mass is 32.2. The van der Waals surface area contributed by atoms with Crippen LogP contribution in [0.25, 0.3) is 16.7 Å². The van der Waals surface area contributed by atoms with Gasteiger partial charge in [-0.1, -0.05) is 18.7 Å². The third kappa shape index (κ3) is 1.87. The average Bonchev–Trinajstić information content (AvgIpc) is 3.20. The fraction of sp³-hybridized carbons (Fsp3) is 0.312. The lowest BCUT2D eigenvalue weighted by molar-refractivity contribution is 0.414. The van der Waals surface area contributed by atoms with Gasteiger partial charge in [-0.15, -0.1) is 0 Å². The van der Waals surface area contributed by atoms with Crippen molar-refractivity contribution >= 4 is 33.6 Å². The van der Waals surface area contributed by atoms with E-state index in [9.17, 15) is 0 Å². The Morgan fingerprint density at radius 2 is 2.33 bits per heavy atom. The van der Waals surface area contributed by atoms with Gasteiger partial charge < -0.3 is 14.1 Å². The fourth-order valence-electron chi connectivity index (χ4n) is 2.93. The first-order chi connectivity index (χ1) is 10.3. The van der Waals surface area contributed by atoms with Crippen LogP contribution in [0.3, 0.4) is 0 Å². The molecule has 0 amide bonds. The number of fused-ring (bicyclic) bond motifs is 2. The van der Waals surface area contributed by atoms with Crippen LogP contribution in [0.4, 0.5) is 0 Å². The van der Waals surface area contributed by atoms with Gasteiger partial charge in [-0.05, 0) is 18.6 Å². The fourth-order valence-corrected chi connectivity index (χ4v) is 4.06. The van der Waals surface area contributed by atoms with Crippen LogP contribution in [0, 0.1) is 0 Å². The maximum Gasteiger partial charge on any atom is 0.168 e. The third-order valence-corrected chi connectivity index (χ3v) is 5.17. The molecule has 0 saturated carbocycles. The Morgan fingerprint density at radius 3 is 3.14 bits per heavy atom. The summed E-state index contributed by atoms with van der Waals surface area (Å²) in [4.78, 5) is 8.28. The molecule has 0 bridgehead atoms. The quantitative estimate of drug-likeness (QED) is 0.860. The first-order valence-electron chi connectivity index (χ1n) is 7.10. The van der Waals surface area contributed by atoms with Gasteiger partial charge in [0.15, 0.2) is 5.17 Å². The summed E-state index contributed by atoms with van der Waals surface area (Å²) in [5.74, 6) is 0.824. The molecule has 1 aromatic heterocycles. The maximum atomic E-state index is 5.58. The number of nitrogens with zero attached hydrogens (tertiary/aromatic N) is 2. The Bertz CT molecular complexity index is 776. The number of rotatable bonds is 3. The highest BCUT2D eigenvalue weighted by Crippen LogP contribution is 2.45. The zero-order valence-electron chi connectivity index (χ0n) is 12.0. The largest absolute Gasteiger partial charge is 0.497 e. The van der Waals surface area contributed by atoms with Crippen LogP contribution >= 0.6 is 11.8 Å². The lowest BCUT2D eigenvalue weighted by Crippen LogP contribution is -2.20. The lowest BCUT2D eigenvalue weighted by Gasteiger charge is -2.18. The molecule has 3 heterocycles. The van der Waals surface area contributed by atoms with Crippen molar-refractivity contribution in [2.24, 2.45) is 4.99 Å². The zero-order chi connectivity index (χ0) is 14.4. The van der Waals surface area contributed by atoms with Crippen molar-refractivity contribution in [3.8, 4) is 5.75 Å². The Kier molecular flexibility index (Phi) is 2.96. The van der Waals surface area contributed by atoms with Crippen LogP contribution in [0.5, 0.6) is 5.75 Å². The number of aliphatic imine (C=N–C) groups is 1. The predicted molar refractivity (Wildman–Crippen MR) is 86.6 cm³/mol. The molecule has 0 N–H and O–H groups in total. The number of hydrogen-bond donors (Lipinski definition) is 0. The SMILES string of the molecule is CCC1=C(c2cc(OC)cc3occc23)N2CCN=C2S1. The van der Waals surface area contributed by atoms with Crippen LogP contribution in [0.1, 0.15) is 18.9 Å². The second-order valence-electron chi connectivity index (χ2n) is 5.05. The normalized spacial score (nSPS) is 17.6. The van der Waals surface area contributed by atoms with Crippen molar-refractivity contribution in [3.63, 3.8) is 0 Å². The van der Waals surface area contributed by atoms with Crippen molar-refractivity contribution in [2.75, 3.05) is 20.2 Å². The minimum atomic E-state index is 0.824. The Morgan fingerprint density at radius 1 is 1.43 bits per heavy atom. The molecule has 4 rings (SSSR count). The minimum Gasteiger partial charge on any atom is -0.497 e. The first-order valence-corrected chi connectivity index (χ1v) is 7.92. The van der Waals surface area contributed by atoms with Crippen LogP contribution in [-0.2, 0) is 0 Å². The van der Waals surface area contributed by atoms with Gasteiger partial charge in [0.1, 0.15) is 11.3 Å². The topological polar surface area (TPSA) is 38.0 Å². The predicted octanol–water partition coefficient (Wildman–Crippen LogP) is 3.94. The molecule has 5 heteroatoms. The summed E-state index contributed by atoms with van der Waals surface area (Å²) >= 11 is 1.79. The summed E-state index contributed by atoms with van der Waals surface area (Å²) in [5.41, 5.74) is 3.31. The van der Waals surface area contributed by atoms with Crippen molar-refractivity contribution in [1.82, 2.24) is 4.90 Å². The number of furan rings is 1. The number of ether oxygens (including phenoxy) is 1. The van der Waals surface area contributed by atoms with E-state index < -0.39 is 0 Å². The summed E-state index contributed by atoms with van der Waals surface area (Å²) in [7, 11) is 1.69. The number of hydrogen-bond acceptors (Lipinski definition) is 5. The number of benzene rings is 1. The molecule has 0 radical (unpaired) electrons. The molecule has 2 aliphatic heterocycles. The molecule has 0 unspecified atom stereocenters. The van der Waals surface area contributed by atoms with Crippen LogP contribution in [0.15, 0.2) is 38.8 Å². The molecule has 4 nitrogen and oxygen atoms in total. The van der Waals surface area contributed by atoms with E-state index in [4.69, 9.17) is 9.15 Å². The van der Waals surface area contributed by atoms with E-state index in [1.54, 1.807) is 25.1 Å². The molecule has 2 aliphatic rings. The molecule has 0 saturated heterocycles. The summed E-state index contributed by atoms with van der Waals surface area (Å²) in [5, 5.41) is 2.26. The van der Waals surface area contributed by atoms with E-state index >= 15 is 0 Å². The maximum absolute atomic E-state index is 5.58. The van der Waals surface area contributed by atoms with Gasteiger partial charge in [0.2, 0.25) is 0 Å². The smallest absolute Gasteiger partial charge is 0.168 e. The van der Waals surface area contributed by atoms with Gasteiger partial charge in [-0.2, -0.15) is 0 Å². The molecule has 21 heavy (non-hydrogen) atoms. The van der Waals surface area contributed by atoms with E-state index in [-0.39, 0.29) is 0 Å². The molecule has 1 aromatic carbocycles. The summed E-state index contributed by atoms with van der Waals surface area (Å²) in [6.07, 6.45) is 2.74. The van der Waals surface area contributed by atoms with E-state index in [2.05, 4.69) is 22.9 Å². The van der Waals surface area contributed by atoms with Crippen LogP contribution in [-0.4, -0.2) is 30.3 Å². The molecule has 108 valence electrons. The zero-order valence-corrected chi connectivity index (χ0v) is 12.9. The molecule has 0 atom stereocenters. The van der Waals surface area contributed by atoms with Gasteiger partial charge in [0.25, 0.3) is 0 Å². The Balaban J connectivity index is 1.96. The molecule has 0 fully saturated rings. The van der Waals surface area contributed by atoms with E-state index in [1.807, 2.05) is 12.1 Å². The van der Waals surface area contributed by atoms with E-state index in [0.717, 1.165) is 41.4 Å². The summed E-state index contributed by atoms with van der Waals surface area (Å²) in [6, 6.07) is 6.07. The van der Waals surface area contributed by atoms with Gasteiger partial charge in [-0.3, -0.25) is 4.99 Å². The second kappa shape index (κ2) is 4.84. The van der Waals surface area contributed by atoms with Crippen molar-refractivity contribution in [2.45, 2.75) is 13.3 Å². The van der Waals surface area contributed by atoms with Crippen molar-refractivity contribution in [3.05, 3.63) is 34.9 Å². The summed E-state index contributed by atoms with van der Waals surface area (Å²) < 4.78 is 11.0. The van der Waals surface area contributed by atoms with E-state index in [0.29, 0.717) is 0 Å². The van der Waals surface area contributed by atoms with Gasteiger partial charge in [0, 0.05) is 28.5 Å². The van der Waals surface area contributed by atoms with Crippen molar-refractivity contribution < 1.29 is 9.15 Å². The first kappa shape index (κ1) is 12.8. The molecule has 0 aliphatic carbocycles. The van der Waals surface area contributed by atoms with E-state index in [1.165, 1.54) is 16.2 Å². The van der Waals surface area contributed by atoms with Gasteiger partial charge in [0.05, 0.1) is 25.6 Å². The highest BCUT2D eigenvalue weighted by Gasteiger charge is 2.33. The average molecular weight is 300 g/mol. The van der Waals surface area contributed by atoms with Gasteiger partial charge >= 0.3 is 0 Å². The summed E-state index contributed by atoms with van der Waals surface area (Å²) in [6.45, 7) is 4.02. The van der Waals surface area contributed by atoms with Crippen LogP contribution in [0.2, 0.25) is 0 Å². The third-order valence-electron chi connectivity index (χ3n) is 3.91. The second-order valence-corrected chi connectivity index (χ2v) is 6.11. The van der Waals surface area contributed by atoms with Crippen molar-refractivity contribution in [1.29, 1.82) is 0 Å². The molecular weight excluding hydrogens is 284 g/mol. The Labute approximate surface area is 127 Å². The Hall–Kier alpha value is -1.88. The molecular formula is C16H16N2O2S. The number of allylic oxidation sites excluding steroid dienone is 1. The molecule has 0 spiro atoms. The molecule has 2 aromatic rings. The standard InChI is InChI=1S/C16H16N2O2S/c1-3-14-15(18-6-5-17-16(18)21-14)12-8-10(19-2)9-13-11(12)4-7-20-13/h4,7-9H,3,5-6H2,1-2H3.